The highest BCUT2D eigenvalue weighted by Crippen LogP contribution is 2.29. The van der Waals surface area contributed by atoms with E-state index in [1.807, 2.05) is 56.3 Å². The molecule has 0 aliphatic carbocycles. The average Bonchev–Trinajstić information content (AvgIpc) is 3.12. The first-order chi connectivity index (χ1) is 14.1. The number of Topliss-reactive ketones (excluding diaryl/α,β-unsaturated/α-hetero) is 1. The maximum Gasteiger partial charge on any atom is 0.224 e. The van der Waals surface area contributed by atoms with E-state index in [4.69, 9.17) is 0 Å². The van der Waals surface area contributed by atoms with Gasteiger partial charge >= 0.3 is 0 Å². The second kappa shape index (κ2) is 8.45. The van der Waals surface area contributed by atoms with Gasteiger partial charge in [0.25, 0.3) is 0 Å². The Morgan fingerprint density at radius 3 is 2.62 bits per heavy atom. The van der Waals surface area contributed by atoms with Gasteiger partial charge in [0.05, 0.1) is 22.0 Å². The maximum absolute atomic E-state index is 13.0. The van der Waals surface area contributed by atoms with Gasteiger partial charge in [0, 0.05) is 29.4 Å². The van der Waals surface area contributed by atoms with Crippen LogP contribution in [0.25, 0.3) is 10.2 Å². The molecule has 0 spiro atoms. The van der Waals surface area contributed by atoms with E-state index in [-0.39, 0.29) is 11.8 Å². The molecule has 0 aromatic carbocycles. The minimum Gasteiger partial charge on any atom is -0.346 e. The molecule has 1 N–H and O–H groups in total. The first-order valence-electron chi connectivity index (χ1n) is 9.49. The van der Waals surface area contributed by atoms with Crippen LogP contribution in [0.1, 0.15) is 46.1 Å². The van der Waals surface area contributed by atoms with Crippen molar-refractivity contribution in [3.8, 4) is 0 Å². The third-order valence-electron chi connectivity index (χ3n) is 4.57. The molecule has 0 saturated carbocycles. The van der Waals surface area contributed by atoms with Crippen LogP contribution in [0.4, 0.5) is 5.95 Å². The maximum atomic E-state index is 13.0. The monoisotopic (exact) mass is 403 g/mol. The highest BCUT2D eigenvalue weighted by molar-refractivity contribution is 7.19. The molecule has 1 atom stereocenters. The summed E-state index contributed by atoms with van der Waals surface area (Å²) in [5.41, 5.74) is 3.05. The van der Waals surface area contributed by atoms with Crippen molar-refractivity contribution in [3.63, 3.8) is 0 Å². The topological polar surface area (TPSA) is 80.7 Å². The summed E-state index contributed by atoms with van der Waals surface area (Å²) in [7, 11) is 0. The molecule has 4 rings (SSSR count). The number of nitrogens with one attached hydrogen (secondary N) is 1. The van der Waals surface area contributed by atoms with Crippen LogP contribution in [0.2, 0.25) is 0 Å². The number of thiophene rings is 1. The van der Waals surface area contributed by atoms with Crippen molar-refractivity contribution in [2.45, 2.75) is 32.7 Å². The van der Waals surface area contributed by atoms with Crippen LogP contribution in [0.15, 0.2) is 54.9 Å². The lowest BCUT2D eigenvalue weighted by atomic mass is 10.1. The third kappa shape index (κ3) is 4.46. The zero-order chi connectivity index (χ0) is 20.2. The average molecular weight is 404 g/mol. The molecule has 6 nitrogen and oxygen atoms in total. The first kappa shape index (κ1) is 19.1. The van der Waals surface area contributed by atoms with Crippen molar-refractivity contribution in [2.75, 3.05) is 5.32 Å². The van der Waals surface area contributed by atoms with Crippen LogP contribution < -0.4 is 5.32 Å². The number of nitrogens with zero attached hydrogens (tertiary/aromatic N) is 4. The first-order valence-corrected chi connectivity index (χ1v) is 10.3. The Labute approximate surface area is 173 Å². The Bertz CT molecular complexity index is 1130. The number of pyridine rings is 2. The van der Waals surface area contributed by atoms with Crippen molar-refractivity contribution < 1.29 is 4.79 Å². The normalized spacial score (nSPS) is 12.1. The summed E-state index contributed by atoms with van der Waals surface area (Å²) in [4.78, 5) is 32.0. The van der Waals surface area contributed by atoms with Gasteiger partial charge in [0.1, 0.15) is 5.69 Å². The Balaban J connectivity index is 1.61. The molecule has 0 radical (unpaired) electrons. The van der Waals surface area contributed by atoms with Crippen molar-refractivity contribution in [1.82, 2.24) is 19.9 Å². The summed E-state index contributed by atoms with van der Waals surface area (Å²) in [5.74, 6) is 0.438. The number of ketones is 1. The van der Waals surface area contributed by atoms with Gasteiger partial charge in [-0.3, -0.25) is 14.8 Å². The zero-order valence-corrected chi connectivity index (χ0v) is 17.1. The summed E-state index contributed by atoms with van der Waals surface area (Å²) in [5, 5.41) is 3.28. The van der Waals surface area contributed by atoms with Gasteiger partial charge < -0.3 is 5.32 Å². The number of rotatable bonds is 7. The minimum absolute atomic E-state index is 0.00144. The number of hydrogen-bond donors (Lipinski definition) is 1. The molecule has 0 amide bonds. The van der Waals surface area contributed by atoms with Crippen LogP contribution in [-0.4, -0.2) is 25.7 Å². The standard InChI is InChI=1S/C22H21N5OS/c1-14-13-18-21(29-14)20(19(28)10-9-16-7-3-5-11-23-16)27-22(26-18)25-15(2)17-8-4-6-12-24-17/h3-8,11-13,15H,9-10H2,1-2H3,(H,25,26,27)/t15-/m0/s1. The number of hydrogen-bond acceptors (Lipinski definition) is 7. The Kier molecular flexibility index (Phi) is 5.57. The molecular weight excluding hydrogens is 382 g/mol. The van der Waals surface area contributed by atoms with E-state index in [1.54, 1.807) is 23.7 Å². The van der Waals surface area contributed by atoms with Crippen molar-refractivity contribution in [2.24, 2.45) is 0 Å². The number of carbonyl (C=O) groups excluding carboxylic acids is 1. The van der Waals surface area contributed by atoms with Gasteiger partial charge in [-0.05, 0) is 50.6 Å². The van der Waals surface area contributed by atoms with Gasteiger partial charge in [0.15, 0.2) is 5.78 Å². The second-order valence-electron chi connectivity index (χ2n) is 6.83. The highest BCUT2D eigenvalue weighted by atomic mass is 32.1. The Hall–Kier alpha value is -3.19. The molecule has 0 fully saturated rings. The number of carbonyl (C=O) groups is 1. The highest BCUT2D eigenvalue weighted by Gasteiger charge is 2.18. The van der Waals surface area contributed by atoms with Gasteiger partial charge in [-0.2, -0.15) is 0 Å². The van der Waals surface area contributed by atoms with Crippen LogP contribution in [0.3, 0.4) is 0 Å². The Morgan fingerprint density at radius 2 is 1.90 bits per heavy atom. The predicted molar refractivity (Wildman–Crippen MR) is 115 cm³/mol. The lowest BCUT2D eigenvalue weighted by Gasteiger charge is -2.14. The van der Waals surface area contributed by atoms with Crippen LogP contribution in [-0.2, 0) is 6.42 Å². The number of aryl methyl sites for hydroxylation is 2. The molecule has 0 aliphatic rings. The van der Waals surface area contributed by atoms with Crippen LogP contribution >= 0.6 is 11.3 Å². The summed E-state index contributed by atoms with van der Waals surface area (Å²) in [6.45, 7) is 4.01. The molecule has 146 valence electrons. The lowest BCUT2D eigenvalue weighted by Crippen LogP contribution is -2.13. The summed E-state index contributed by atoms with van der Waals surface area (Å²) >= 11 is 1.55. The molecule has 7 heteroatoms. The van der Waals surface area contributed by atoms with E-state index in [9.17, 15) is 4.79 Å². The molecule has 4 aromatic rings. The lowest BCUT2D eigenvalue weighted by molar-refractivity contribution is 0.0979. The molecule has 0 unspecified atom stereocenters. The number of fused-ring (bicyclic) bond motifs is 1. The predicted octanol–water partition coefficient (Wildman–Crippen LogP) is 4.78. The number of aromatic nitrogens is 4. The van der Waals surface area contributed by atoms with Gasteiger partial charge in [-0.25, -0.2) is 9.97 Å². The summed E-state index contributed by atoms with van der Waals surface area (Å²) in [6, 6.07) is 13.4. The van der Waals surface area contributed by atoms with Gasteiger partial charge in [-0.1, -0.05) is 12.1 Å². The number of anilines is 1. The smallest absolute Gasteiger partial charge is 0.224 e. The van der Waals surface area contributed by atoms with E-state index in [0.29, 0.717) is 24.5 Å². The Morgan fingerprint density at radius 1 is 1.10 bits per heavy atom. The molecular formula is C22H21N5OS. The van der Waals surface area contributed by atoms with E-state index in [2.05, 4.69) is 25.3 Å². The quantitative estimate of drug-likeness (QED) is 0.447. The van der Waals surface area contributed by atoms with Gasteiger partial charge in [-0.15, -0.1) is 11.3 Å². The fraction of sp³-hybridized carbons (Fsp3) is 0.227. The fourth-order valence-corrected chi connectivity index (χ4v) is 4.07. The summed E-state index contributed by atoms with van der Waals surface area (Å²) in [6.07, 6.45) is 4.44. The van der Waals surface area contributed by atoms with E-state index in [1.165, 1.54) is 0 Å². The molecule has 0 saturated heterocycles. The SMILES string of the molecule is Cc1cc2nc(N[C@@H](C)c3ccccn3)nc(C(=O)CCc3ccccn3)c2s1. The van der Waals surface area contributed by atoms with Crippen molar-refractivity contribution in [3.05, 3.63) is 76.8 Å². The second-order valence-corrected chi connectivity index (χ2v) is 8.09. The van der Waals surface area contributed by atoms with Gasteiger partial charge in [0.2, 0.25) is 5.95 Å². The summed E-state index contributed by atoms with van der Waals surface area (Å²) < 4.78 is 0.838. The third-order valence-corrected chi connectivity index (χ3v) is 5.62. The van der Waals surface area contributed by atoms with Crippen molar-refractivity contribution in [1.29, 1.82) is 0 Å². The largest absolute Gasteiger partial charge is 0.346 e. The van der Waals surface area contributed by atoms with Crippen molar-refractivity contribution >= 4 is 33.3 Å². The van der Waals surface area contributed by atoms with Crippen LogP contribution in [0.5, 0.6) is 0 Å². The van der Waals surface area contributed by atoms with E-state index < -0.39 is 0 Å². The molecule has 0 bridgehead atoms. The zero-order valence-electron chi connectivity index (χ0n) is 16.3. The molecule has 4 aromatic heterocycles. The minimum atomic E-state index is -0.0788. The van der Waals surface area contributed by atoms with Crippen LogP contribution in [0, 0.1) is 6.92 Å². The molecule has 0 aliphatic heterocycles. The molecule has 4 heterocycles. The fourth-order valence-electron chi connectivity index (χ4n) is 3.11. The molecule has 29 heavy (non-hydrogen) atoms. The van der Waals surface area contributed by atoms with E-state index >= 15 is 0 Å². The van der Waals surface area contributed by atoms with E-state index in [0.717, 1.165) is 26.5 Å².